The van der Waals surface area contributed by atoms with Crippen LogP contribution in [0.25, 0.3) is 0 Å². The van der Waals surface area contributed by atoms with Gasteiger partial charge in [0, 0.05) is 7.05 Å². The molecule has 19 heavy (non-hydrogen) atoms. The molecule has 1 rings (SSSR count). The minimum absolute atomic E-state index is 0.0157. The number of nitrogens with one attached hydrogen (secondary N) is 1. The third-order valence-electron chi connectivity index (χ3n) is 1.97. The topological polar surface area (TPSA) is 111 Å². The minimum Gasteiger partial charge on any atom is -0.461 e. The van der Waals surface area contributed by atoms with Crippen LogP contribution in [0.1, 0.15) is 13.8 Å². The molecule has 0 aromatic carbocycles. The van der Waals surface area contributed by atoms with Crippen molar-refractivity contribution in [1.29, 1.82) is 10.5 Å². The van der Waals surface area contributed by atoms with Crippen molar-refractivity contribution in [2.45, 2.75) is 20.0 Å². The first-order valence-electron chi connectivity index (χ1n) is 5.70. The van der Waals surface area contributed by atoms with Crippen molar-refractivity contribution in [2.75, 3.05) is 30.4 Å². The van der Waals surface area contributed by atoms with Gasteiger partial charge >= 0.3 is 6.01 Å². The fourth-order valence-corrected chi connectivity index (χ4v) is 1.23. The van der Waals surface area contributed by atoms with Crippen LogP contribution in [-0.4, -0.2) is 41.2 Å². The van der Waals surface area contributed by atoms with E-state index < -0.39 is 0 Å². The van der Waals surface area contributed by atoms with Crippen LogP contribution >= 0.6 is 0 Å². The molecule has 0 unspecified atom stereocenters. The first kappa shape index (κ1) is 14.5. The SMILES string of the molecule is CNc1nc(OC(C)C)nc(N(CC#N)CC#N)n1. The first-order chi connectivity index (χ1) is 9.10. The molecule has 0 aliphatic rings. The third kappa shape index (κ3) is 4.28. The quantitative estimate of drug-likeness (QED) is 0.739. The minimum atomic E-state index is -0.0830. The van der Waals surface area contributed by atoms with Gasteiger partial charge in [0.15, 0.2) is 0 Å². The molecule has 0 saturated carbocycles. The summed E-state index contributed by atoms with van der Waals surface area (Å²) in [4.78, 5) is 13.7. The van der Waals surface area contributed by atoms with Crippen LogP contribution in [0.2, 0.25) is 0 Å². The molecule has 0 aliphatic heterocycles. The van der Waals surface area contributed by atoms with Crippen LogP contribution in [0.3, 0.4) is 0 Å². The molecule has 0 bridgehead atoms. The summed E-state index contributed by atoms with van der Waals surface area (Å²) in [5.74, 6) is 0.555. The van der Waals surface area contributed by atoms with Gasteiger partial charge in [-0.15, -0.1) is 0 Å². The Kier molecular flexibility index (Phi) is 5.30. The second-order valence-corrected chi connectivity index (χ2v) is 3.83. The van der Waals surface area contributed by atoms with Crippen molar-refractivity contribution >= 4 is 11.9 Å². The molecule has 1 N–H and O–H groups in total. The van der Waals surface area contributed by atoms with Gasteiger partial charge in [-0.2, -0.15) is 25.5 Å². The van der Waals surface area contributed by atoms with E-state index in [0.29, 0.717) is 5.95 Å². The van der Waals surface area contributed by atoms with Gasteiger partial charge in [-0.3, -0.25) is 0 Å². The average Bonchev–Trinajstić information content (AvgIpc) is 2.37. The number of nitrogens with zero attached hydrogens (tertiary/aromatic N) is 6. The van der Waals surface area contributed by atoms with Crippen molar-refractivity contribution < 1.29 is 4.74 Å². The number of aromatic nitrogens is 3. The van der Waals surface area contributed by atoms with Gasteiger partial charge in [-0.25, -0.2) is 0 Å². The molecule has 1 heterocycles. The maximum absolute atomic E-state index is 8.75. The summed E-state index contributed by atoms with van der Waals surface area (Å²) >= 11 is 0. The van der Waals surface area contributed by atoms with E-state index in [0.717, 1.165) is 0 Å². The highest BCUT2D eigenvalue weighted by atomic mass is 16.5. The summed E-state index contributed by atoms with van der Waals surface area (Å²) in [6.07, 6.45) is -0.0830. The molecule has 0 aliphatic carbocycles. The van der Waals surface area contributed by atoms with Crippen molar-refractivity contribution in [3.63, 3.8) is 0 Å². The Morgan fingerprint density at radius 3 is 2.32 bits per heavy atom. The molecule has 100 valence electrons. The van der Waals surface area contributed by atoms with Gasteiger partial charge in [0.05, 0.1) is 18.2 Å². The highest BCUT2D eigenvalue weighted by Crippen LogP contribution is 2.15. The fraction of sp³-hybridized carbons (Fsp3) is 0.545. The molecule has 8 heteroatoms. The molecule has 1 aromatic rings. The number of rotatable bonds is 6. The predicted molar refractivity (Wildman–Crippen MR) is 68.6 cm³/mol. The van der Waals surface area contributed by atoms with Gasteiger partial charge in [0.1, 0.15) is 13.1 Å². The highest BCUT2D eigenvalue weighted by Gasteiger charge is 2.14. The molecule has 0 amide bonds. The summed E-state index contributed by atoms with van der Waals surface area (Å²) in [5, 5.41) is 20.3. The molecule has 0 spiro atoms. The lowest BCUT2D eigenvalue weighted by atomic mass is 10.5. The van der Waals surface area contributed by atoms with Crippen LogP contribution in [0, 0.1) is 22.7 Å². The van der Waals surface area contributed by atoms with Crippen LogP contribution in [0.5, 0.6) is 6.01 Å². The van der Waals surface area contributed by atoms with Crippen molar-refractivity contribution in [3.05, 3.63) is 0 Å². The maximum atomic E-state index is 8.75. The normalized spacial score (nSPS) is 9.58. The van der Waals surface area contributed by atoms with Gasteiger partial charge < -0.3 is 15.0 Å². The lowest BCUT2D eigenvalue weighted by molar-refractivity contribution is 0.222. The Balaban J connectivity index is 3.10. The van der Waals surface area contributed by atoms with Gasteiger partial charge in [0.25, 0.3) is 0 Å². The largest absolute Gasteiger partial charge is 0.461 e. The van der Waals surface area contributed by atoms with E-state index in [9.17, 15) is 0 Å². The maximum Gasteiger partial charge on any atom is 0.323 e. The molecular formula is C11H15N7O. The standard InChI is InChI=1S/C11H15N7O/c1-8(2)19-11-16-9(14-3)15-10(17-11)18(6-4-12)7-5-13/h8H,6-7H2,1-3H3,(H,14,15,16,17). The predicted octanol–water partition coefficient (Wildman–Crippen LogP) is 0.554. The fourth-order valence-electron chi connectivity index (χ4n) is 1.23. The molecule has 0 atom stereocenters. The van der Waals surface area contributed by atoms with E-state index in [1.807, 2.05) is 26.0 Å². The lowest BCUT2D eigenvalue weighted by Crippen LogP contribution is -2.27. The number of ether oxygens (including phenoxy) is 1. The molecule has 0 radical (unpaired) electrons. The monoisotopic (exact) mass is 261 g/mol. The second kappa shape index (κ2) is 6.97. The van der Waals surface area contributed by atoms with E-state index in [-0.39, 0.29) is 31.2 Å². The Labute approximate surface area is 111 Å². The van der Waals surface area contributed by atoms with Crippen LogP contribution in [0.4, 0.5) is 11.9 Å². The lowest BCUT2D eigenvalue weighted by Gasteiger charge is -2.17. The van der Waals surface area contributed by atoms with Crippen LogP contribution in [0.15, 0.2) is 0 Å². The van der Waals surface area contributed by atoms with Crippen LogP contribution < -0.4 is 15.0 Å². The van der Waals surface area contributed by atoms with E-state index in [1.165, 1.54) is 4.90 Å². The molecule has 0 saturated heterocycles. The Morgan fingerprint density at radius 2 is 1.84 bits per heavy atom. The van der Waals surface area contributed by atoms with Gasteiger partial charge in [0.2, 0.25) is 11.9 Å². The van der Waals surface area contributed by atoms with Gasteiger partial charge in [-0.05, 0) is 13.8 Å². The van der Waals surface area contributed by atoms with Crippen molar-refractivity contribution in [3.8, 4) is 18.1 Å². The summed E-state index contributed by atoms with van der Waals surface area (Å²) in [7, 11) is 1.66. The van der Waals surface area contributed by atoms with E-state index >= 15 is 0 Å². The third-order valence-corrected chi connectivity index (χ3v) is 1.97. The average molecular weight is 261 g/mol. The Bertz CT molecular complexity index is 487. The van der Waals surface area contributed by atoms with E-state index in [4.69, 9.17) is 15.3 Å². The zero-order valence-electron chi connectivity index (χ0n) is 11.1. The zero-order chi connectivity index (χ0) is 14.3. The van der Waals surface area contributed by atoms with Crippen molar-refractivity contribution in [1.82, 2.24) is 15.0 Å². The van der Waals surface area contributed by atoms with E-state index in [2.05, 4.69) is 20.3 Å². The molecule has 8 nitrogen and oxygen atoms in total. The summed E-state index contributed by atoms with van der Waals surface area (Å²) in [5.41, 5.74) is 0. The van der Waals surface area contributed by atoms with Gasteiger partial charge in [-0.1, -0.05) is 0 Å². The number of hydrogen-bond donors (Lipinski definition) is 1. The Hall–Kier alpha value is -2.61. The number of nitriles is 2. The highest BCUT2D eigenvalue weighted by molar-refractivity contribution is 5.39. The molecular weight excluding hydrogens is 246 g/mol. The molecule has 1 aromatic heterocycles. The number of anilines is 2. The summed E-state index contributed by atoms with van der Waals surface area (Å²) in [6.45, 7) is 3.74. The zero-order valence-corrected chi connectivity index (χ0v) is 11.1. The Morgan fingerprint density at radius 1 is 1.21 bits per heavy atom. The summed E-state index contributed by atoms with van der Waals surface area (Å²) in [6, 6.07) is 4.08. The number of hydrogen-bond acceptors (Lipinski definition) is 8. The summed E-state index contributed by atoms with van der Waals surface area (Å²) < 4.78 is 5.41. The van der Waals surface area contributed by atoms with E-state index in [1.54, 1.807) is 7.05 Å². The smallest absolute Gasteiger partial charge is 0.323 e. The molecule has 0 fully saturated rings. The first-order valence-corrected chi connectivity index (χ1v) is 5.70. The second-order valence-electron chi connectivity index (χ2n) is 3.83. The van der Waals surface area contributed by atoms with Crippen molar-refractivity contribution in [2.24, 2.45) is 0 Å². The van der Waals surface area contributed by atoms with Crippen LogP contribution in [-0.2, 0) is 0 Å².